The molecule has 5 nitrogen and oxygen atoms in total. The molecule has 148 valence electrons. The molecule has 1 saturated carbocycles. The van der Waals surface area contributed by atoms with Crippen molar-refractivity contribution in [1.29, 1.82) is 0 Å². The minimum Gasteiger partial charge on any atom is -0.323 e. The summed E-state index contributed by atoms with van der Waals surface area (Å²) in [6.45, 7) is 2.15. The zero-order chi connectivity index (χ0) is 19.0. The molecule has 1 aliphatic carbocycles. The standard InChI is InChI=1S/C20H34NO4P/c1-2-3-4-5-6-7-8-17-9-11-18(12-10-17)19-13-14-20(21,15-19)16-25-26(22,23)24/h9-12,19H,2-8,13-16,21H2,1H3,(H2,22,23,24)/t19-,20+/m0/s1. The van der Waals surface area contributed by atoms with Crippen LogP contribution >= 0.6 is 7.82 Å². The van der Waals surface area contributed by atoms with Crippen LogP contribution in [0.2, 0.25) is 0 Å². The van der Waals surface area contributed by atoms with Gasteiger partial charge in [-0.15, -0.1) is 0 Å². The van der Waals surface area contributed by atoms with Crippen molar-refractivity contribution in [2.75, 3.05) is 6.61 Å². The SMILES string of the molecule is CCCCCCCCc1ccc([C@H]2CC[C@](N)(COP(=O)(O)O)C2)cc1. The Morgan fingerprint density at radius 3 is 2.46 bits per heavy atom. The van der Waals surface area contributed by atoms with Gasteiger partial charge in [-0.3, -0.25) is 4.52 Å². The van der Waals surface area contributed by atoms with Gasteiger partial charge in [-0.2, -0.15) is 0 Å². The van der Waals surface area contributed by atoms with Crippen molar-refractivity contribution in [3.63, 3.8) is 0 Å². The normalized spacial score (nSPS) is 23.5. The van der Waals surface area contributed by atoms with Crippen molar-refractivity contribution in [1.82, 2.24) is 0 Å². The largest absolute Gasteiger partial charge is 0.469 e. The first-order valence-electron chi connectivity index (χ1n) is 9.89. The van der Waals surface area contributed by atoms with Crippen molar-refractivity contribution < 1.29 is 18.9 Å². The van der Waals surface area contributed by atoms with Gasteiger partial charge in [0.1, 0.15) is 0 Å². The number of unbranched alkanes of at least 4 members (excludes halogenated alkanes) is 5. The first-order valence-corrected chi connectivity index (χ1v) is 11.4. The monoisotopic (exact) mass is 383 g/mol. The lowest BCUT2D eigenvalue weighted by Crippen LogP contribution is -2.41. The molecule has 0 heterocycles. The maximum Gasteiger partial charge on any atom is 0.469 e. The van der Waals surface area contributed by atoms with Gasteiger partial charge < -0.3 is 15.5 Å². The summed E-state index contributed by atoms with van der Waals surface area (Å²) in [7, 11) is -4.46. The average Bonchev–Trinajstić information content (AvgIpc) is 2.99. The summed E-state index contributed by atoms with van der Waals surface area (Å²) in [6, 6.07) is 8.80. The van der Waals surface area contributed by atoms with E-state index >= 15 is 0 Å². The van der Waals surface area contributed by atoms with E-state index in [9.17, 15) is 4.57 Å². The Labute approximate surface area is 157 Å². The highest BCUT2D eigenvalue weighted by Crippen LogP contribution is 2.43. The molecule has 0 bridgehead atoms. The van der Waals surface area contributed by atoms with E-state index in [2.05, 4.69) is 35.7 Å². The Morgan fingerprint density at radius 2 is 1.81 bits per heavy atom. The number of nitrogens with two attached hydrogens (primary N) is 1. The van der Waals surface area contributed by atoms with Crippen LogP contribution in [0.1, 0.15) is 81.8 Å². The summed E-state index contributed by atoms with van der Waals surface area (Å²) in [6.07, 6.45) is 11.4. The van der Waals surface area contributed by atoms with Gasteiger partial charge in [-0.25, -0.2) is 4.57 Å². The third kappa shape index (κ3) is 7.50. The molecule has 1 aromatic rings. The van der Waals surface area contributed by atoms with Crippen LogP contribution in [-0.4, -0.2) is 21.9 Å². The summed E-state index contributed by atoms with van der Waals surface area (Å²) in [5.74, 6) is 0.337. The van der Waals surface area contributed by atoms with Gasteiger partial charge in [0.15, 0.2) is 0 Å². The number of hydrogen-bond acceptors (Lipinski definition) is 3. The van der Waals surface area contributed by atoms with E-state index in [4.69, 9.17) is 15.5 Å². The number of benzene rings is 1. The Morgan fingerprint density at radius 1 is 1.15 bits per heavy atom. The van der Waals surface area contributed by atoms with E-state index in [1.54, 1.807) is 0 Å². The molecule has 0 saturated heterocycles. The molecule has 0 aliphatic heterocycles. The lowest BCUT2D eigenvalue weighted by Gasteiger charge is -2.24. The van der Waals surface area contributed by atoms with Gasteiger partial charge in [0.05, 0.1) is 6.61 Å². The van der Waals surface area contributed by atoms with Gasteiger partial charge in [-0.1, -0.05) is 63.3 Å². The zero-order valence-electron chi connectivity index (χ0n) is 15.9. The zero-order valence-corrected chi connectivity index (χ0v) is 16.8. The molecule has 2 rings (SSSR count). The van der Waals surface area contributed by atoms with Gasteiger partial charge in [-0.05, 0) is 49.1 Å². The molecular formula is C20H34NO4P. The molecule has 0 radical (unpaired) electrons. The topological polar surface area (TPSA) is 92.8 Å². The van der Waals surface area contributed by atoms with Crippen molar-refractivity contribution in [2.24, 2.45) is 5.73 Å². The molecule has 0 spiro atoms. The fourth-order valence-corrected chi connectivity index (χ4v) is 4.28. The molecule has 26 heavy (non-hydrogen) atoms. The molecule has 1 fully saturated rings. The van der Waals surface area contributed by atoms with Gasteiger partial charge >= 0.3 is 7.82 Å². The van der Waals surface area contributed by atoms with Crippen LogP contribution in [0.15, 0.2) is 24.3 Å². The molecule has 0 unspecified atom stereocenters. The average molecular weight is 383 g/mol. The van der Waals surface area contributed by atoms with Crippen LogP contribution in [0, 0.1) is 0 Å². The van der Waals surface area contributed by atoms with Crippen LogP contribution in [0.3, 0.4) is 0 Å². The Kier molecular flexibility index (Phi) is 8.31. The predicted molar refractivity (Wildman–Crippen MR) is 105 cm³/mol. The van der Waals surface area contributed by atoms with Crippen LogP contribution in [0.5, 0.6) is 0 Å². The molecule has 0 aromatic heterocycles. The maximum absolute atomic E-state index is 10.9. The second kappa shape index (κ2) is 10.0. The maximum atomic E-state index is 10.9. The number of hydrogen-bond donors (Lipinski definition) is 3. The Balaban J connectivity index is 1.77. The minimum absolute atomic E-state index is 0.0934. The first-order chi connectivity index (χ1) is 12.3. The van der Waals surface area contributed by atoms with Gasteiger partial charge in [0.25, 0.3) is 0 Å². The van der Waals surface area contributed by atoms with Crippen LogP contribution in [-0.2, 0) is 15.5 Å². The van der Waals surface area contributed by atoms with E-state index in [-0.39, 0.29) is 6.61 Å². The lowest BCUT2D eigenvalue weighted by molar-refractivity contribution is 0.153. The molecule has 4 N–H and O–H groups in total. The second-order valence-corrected chi connectivity index (χ2v) is 9.06. The van der Waals surface area contributed by atoms with E-state index in [0.717, 1.165) is 19.3 Å². The predicted octanol–water partition coefficient (Wildman–Crippen LogP) is 4.66. The number of aryl methyl sites for hydroxylation is 1. The smallest absolute Gasteiger partial charge is 0.323 e. The number of rotatable bonds is 11. The summed E-state index contributed by atoms with van der Waals surface area (Å²) in [4.78, 5) is 17.7. The molecular weight excluding hydrogens is 349 g/mol. The third-order valence-corrected chi connectivity index (χ3v) is 5.90. The van der Waals surface area contributed by atoms with E-state index < -0.39 is 13.4 Å². The molecule has 1 aromatic carbocycles. The summed E-state index contributed by atoms with van der Waals surface area (Å²) in [5.41, 5.74) is 8.27. The van der Waals surface area contributed by atoms with Crippen molar-refractivity contribution >= 4 is 7.82 Å². The quantitative estimate of drug-likeness (QED) is 0.382. The van der Waals surface area contributed by atoms with Gasteiger partial charge in [0.2, 0.25) is 0 Å². The summed E-state index contributed by atoms with van der Waals surface area (Å²) < 4.78 is 15.5. The number of phosphoric ester groups is 1. The van der Waals surface area contributed by atoms with Gasteiger partial charge in [0, 0.05) is 5.54 Å². The molecule has 2 atom stereocenters. The minimum atomic E-state index is -4.46. The van der Waals surface area contributed by atoms with E-state index in [1.165, 1.54) is 49.7 Å². The van der Waals surface area contributed by atoms with Crippen molar-refractivity contribution in [3.05, 3.63) is 35.4 Å². The van der Waals surface area contributed by atoms with Crippen LogP contribution in [0.25, 0.3) is 0 Å². The van der Waals surface area contributed by atoms with E-state index in [0.29, 0.717) is 12.3 Å². The van der Waals surface area contributed by atoms with Crippen LogP contribution in [0.4, 0.5) is 0 Å². The summed E-state index contributed by atoms with van der Waals surface area (Å²) >= 11 is 0. The molecule has 1 aliphatic rings. The van der Waals surface area contributed by atoms with Crippen molar-refractivity contribution in [3.8, 4) is 0 Å². The fraction of sp³-hybridized carbons (Fsp3) is 0.700. The second-order valence-electron chi connectivity index (χ2n) is 7.83. The fourth-order valence-electron chi connectivity index (χ4n) is 3.85. The lowest BCUT2D eigenvalue weighted by atomic mass is 9.92. The first kappa shape index (κ1) is 21.6. The highest BCUT2D eigenvalue weighted by atomic mass is 31.2. The highest BCUT2D eigenvalue weighted by molar-refractivity contribution is 7.46. The Bertz CT molecular complexity index is 586. The Hall–Kier alpha value is -0.710. The number of phosphoric acid groups is 1. The van der Waals surface area contributed by atoms with E-state index in [1.807, 2.05) is 0 Å². The molecule has 0 amide bonds. The van der Waals surface area contributed by atoms with Crippen LogP contribution < -0.4 is 5.73 Å². The third-order valence-electron chi connectivity index (χ3n) is 5.43. The highest BCUT2D eigenvalue weighted by Gasteiger charge is 2.38. The van der Waals surface area contributed by atoms with Crippen molar-refractivity contribution in [2.45, 2.75) is 82.6 Å². The summed E-state index contributed by atoms with van der Waals surface area (Å²) in [5, 5.41) is 0. The molecule has 6 heteroatoms.